The summed E-state index contributed by atoms with van der Waals surface area (Å²) in [4.78, 5) is 19.7. The zero-order valence-electron chi connectivity index (χ0n) is 15.8. The Balaban J connectivity index is 1.77. The van der Waals surface area contributed by atoms with E-state index in [1.165, 1.54) is 18.3 Å². The molecule has 2 aromatic carbocycles. The van der Waals surface area contributed by atoms with Crippen LogP contribution in [0.4, 0.5) is 10.1 Å². The molecule has 0 aliphatic heterocycles. The van der Waals surface area contributed by atoms with E-state index < -0.39 is 11.8 Å². The first kappa shape index (κ1) is 18.5. The molecule has 29 heavy (non-hydrogen) atoms. The Morgan fingerprint density at radius 1 is 1.14 bits per heavy atom. The number of nitrogens with one attached hydrogen (secondary N) is 1. The van der Waals surface area contributed by atoms with Crippen molar-refractivity contribution in [1.82, 2.24) is 19.7 Å². The van der Waals surface area contributed by atoms with E-state index in [0.717, 1.165) is 22.7 Å². The summed E-state index contributed by atoms with van der Waals surface area (Å²) in [7, 11) is 0. The SMILES string of the molecule is CC(C)Nc1ccc2cnn(-c3cncc(-c4ccc(C(=O)O)cc4F)n3)c2c1. The van der Waals surface area contributed by atoms with E-state index in [1.54, 1.807) is 17.1 Å². The molecule has 2 heterocycles. The fourth-order valence-corrected chi connectivity index (χ4v) is 3.07. The third-order valence-corrected chi connectivity index (χ3v) is 4.36. The zero-order chi connectivity index (χ0) is 20.5. The monoisotopic (exact) mass is 391 g/mol. The number of hydrogen-bond acceptors (Lipinski definition) is 5. The lowest BCUT2D eigenvalue weighted by Crippen LogP contribution is -2.09. The van der Waals surface area contributed by atoms with E-state index in [2.05, 4.69) is 34.2 Å². The van der Waals surface area contributed by atoms with Gasteiger partial charge in [0.25, 0.3) is 0 Å². The number of benzene rings is 2. The van der Waals surface area contributed by atoms with Crippen LogP contribution in [0.25, 0.3) is 28.0 Å². The molecule has 4 rings (SSSR count). The minimum absolute atomic E-state index is 0.126. The summed E-state index contributed by atoms with van der Waals surface area (Å²) in [6.45, 7) is 4.11. The maximum absolute atomic E-state index is 14.4. The van der Waals surface area contributed by atoms with Crippen LogP contribution in [0.1, 0.15) is 24.2 Å². The minimum Gasteiger partial charge on any atom is -0.478 e. The smallest absolute Gasteiger partial charge is 0.335 e. The second-order valence-corrected chi connectivity index (χ2v) is 6.89. The largest absolute Gasteiger partial charge is 0.478 e. The van der Waals surface area contributed by atoms with Crippen molar-refractivity contribution in [3.05, 3.63) is 66.4 Å². The molecule has 2 aromatic heterocycles. The van der Waals surface area contributed by atoms with Crippen molar-refractivity contribution >= 4 is 22.6 Å². The first-order chi connectivity index (χ1) is 13.9. The molecular weight excluding hydrogens is 373 g/mol. The molecule has 2 N–H and O–H groups in total. The number of aromatic carboxylic acids is 1. The van der Waals surface area contributed by atoms with Gasteiger partial charge in [0.2, 0.25) is 0 Å². The van der Waals surface area contributed by atoms with Gasteiger partial charge in [0.15, 0.2) is 5.82 Å². The van der Waals surface area contributed by atoms with Gasteiger partial charge in [0, 0.05) is 22.7 Å². The average molecular weight is 391 g/mol. The van der Waals surface area contributed by atoms with Crippen LogP contribution < -0.4 is 5.32 Å². The van der Waals surface area contributed by atoms with Crippen molar-refractivity contribution < 1.29 is 14.3 Å². The van der Waals surface area contributed by atoms with Crippen LogP contribution in [-0.2, 0) is 0 Å². The number of fused-ring (bicyclic) bond motifs is 1. The van der Waals surface area contributed by atoms with Gasteiger partial charge in [0.05, 0.1) is 35.4 Å². The van der Waals surface area contributed by atoms with Gasteiger partial charge >= 0.3 is 5.97 Å². The summed E-state index contributed by atoms with van der Waals surface area (Å²) in [6.07, 6.45) is 4.70. The third kappa shape index (κ3) is 3.64. The van der Waals surface area contributed by atoms with Gasteiger partial charge in [-0.15, -0.1) is 0 Å². The zero-order valence-corrected chi connectivity index (χ0v) is 15.8. The molecule has 7 nitrogen and oxygen atoms in total. The molecule has 0 saturated heterocycles. The number of carboxylic acids is 1. The molecule has 0 radical (unpaired) electrons. The third-order valence-electron chi connectivity index (χ3n) is 4.36. The number of rotatable bonds is 5. The maximum atomic E-state index is 14.4. The van der Waals surface area contributed by atoms with E-state index in [9.17, 15) is 9.18 Å². The van der Waals surface area contributed by atoms with Gasteiger partial charge in [-0.2, -0.15) is 5.10 Å². The lowest BCUT2D eigenvalue weighted by molar-refractivity contribution is 0.0696. The topological polar surface area (TPSA) is 92.9 Å². The van der Waals surface area contributed by atoms with Crippen molar-refractivity contribution in [2.75, 3.05) is 5.32 Å². The number of nitrogens with zero attached hydrogens (tertiary/aromatic N) is 4. The molecule has 146 valence electrons. The Labute approximate surface area is 165 Å². The van der Waals surface area contributed by atoms with Gasteiger partial charge in [-0.05, 0) is 50.2 Å². The van der Waals surface area contributed by atoms with E-state index in [0.29, 0.717) is 5.82 Å². The normalized spacial score (nSPS) is 11.2. The predicted molar refractivity (Wildman–Crippen MR) is 108 cm³/mol. The maximum Gasteiger partial charge on any atom is 0.335 e. The summed E-state index contributed by atoms with van der Waals surface area (Å²) in [5.74, 6) is -1.44. The quantitative estimate of drug-likeness (QED) is 0.531. The van der Waals surface area contributed by atoms with Crippen molar-refractivity contribution in [3.63, 3.8) is 0 Å². The van der Waals surface area contributed by atoms with E-state index in [1.807, 2.05) is 18.2 Å². The second-order valence-electron chi connectivity index (χ2n) is 6.89. The Morgan fingerprint density at radius 3 is 2.69 bits per heavy atom. The molecule has 0 spiro atoms. The fraction of sp³-hybridized carbons (Fsp3) is 0.143. The van der Waals surface area contributed by atoms with Gasteiger partial charge in [0.1, 0.15) is 5.82 Å². The first-order valence-corrected chi connectivity index (χ1v) is 9.02. The van der Waals surface area contributed by atoms with Gasteiger partial charge in [-0.1, -0.05) is 0 Å². The molecule has 0 fully saturated rings. The highest BCUT2D eigenvalue weighted by molar-refractivity contribution is 5.88. The number of halogens is 1. The number of hydrogen-bond donors (Lipinski definition) is 2. The van der Waals surface area contributed by atoms with Crippen LogP contribution in [0, 0.1) is 5.82 Å². The summed E-state index contributed by atoms with van der Waals surface area (Å²) < 4.78 is 16.1. The Hall–Kier alpha value is -3.81. The van der Waals surface area contributed by atoms with Crippen molar-refractivity contribution in [3.8, 4) is 17.1 Å². The lowest BCUT2D eigenvalue weighted by atomic mass is 10.1. The van der Waals surface area contributed by atoms with Crippen LogP contribution in [0.5, 0.6) is 0 Å². The second kappa shape index (κ2) is 7.31. The molecule has 0 saturated carbocycles. The molecule has 0 atom stereocenters. The van der Waals surface area contributed by atoms with Crippen molar-refractivity contribution in [2.45, 2.75) is 19.9 Å². The van der Waals surface area contributed by atoms with Crippen molar-refractivity contribution in [1.29, 1.82) is 0 Å². The summed E-state index contributed by atoms with van der Waals surface area (Å²) in [6, 6.07) is 9.89. The fourth-order valence-electron chi connectivity index (χ4n) is 3.07. The van der Waals surface area contributed by atoms with Crippen LogP contribution >= 0.6 is 0 Å². The molecule has 0 aliphatic carbocycles. The van der Waals surface area contributed by atoms with Crippen LogP contribution in [0.2, 0.25) is 0 Å². The molecular formula is C21H18FN5O2. The minimum atomic E-state index is -1.19. The molecule has 8 heteroatoms. The molecule has 0 bridgehead atoms. The lowest BCUT2D eigenvalue weighted by Gasteiger charge is -2.11. The Kier molecular flexibility index (Phi) is 4.67. The van der Waals surface area contributed by atoms with Crippen LogP contribution in [0.3, 0.4) is 0 Å². The molecule has 0 amide bonds. The van der Waals surface area contributed by atoms with E-state index >= 15 is 0 Å². The molecule has 0 aliphatic rings. The van der Waals surface area contributed by atoms with E-state index in [4.69, 9.17) is 5.11 Å². The number of carboxylic acid groups (broad SMARTS) is 1. The predicted octanol–water partition coefficient (Wildman–Crippen LogP) is 4.14. The Morgan fingerprint density at radius 2 is 1.97 bits per heavy atom. The van der Waals surface area contributed by atoms with Crippen molar-refractivity contribution in [2.24, 2.45) is 0 Å². The number of aromatic nitrogens is 4. The highest BCUT2D eigenvalue weighted by Crippen LogP contribution is 2.25. The summed E-state index contributed by atoms with van der Waals surface area (Å²) in [5, 5.41) is 17.7. The summed E-state index contributed by atoms with van der Waals surface area (Å²) >= 11 is 0. The standard InChI is InChI=1S/C21H18FN5O2/c1-12(2)25-15-5-3-14-9-24-27(19(14)8-15)20-11-23-10-18(26-20)16-6-4-13(21(28)29)7-17(16)22/h3-12,25H,1-2H3,(H,28,29). The molecule has 4 aromatic rings. The number of anilines is 1. The first-order valence-electron chi connectivity index (χ1n) is 9.02. The van der Waals surface area contributed by atoms with Gasteiger partial charge < -0.3 is 10.4 Å². The van der Waals surface area contributed by atoms with Crippen LogP contribution in [0.15, 0.2) is 55.0 Å². The number of carbonyl (C=O) groups is 1. The summed E-state index contributed by atoms with van der Waals surface area (Å²) in [5.41, 5.74) is 2.12. The Bertz CT molecular complexity index is 1220. The average Bonchev–Trinajstić information content (AvgIpc) is 3.10. The highest BCUT2D eigenvalue weighted by atomic mass is 19.1. The molecule has 0 unspecified atom stereocenters. The van der Waals surface area contributed by atoms with Crippen LogP contribution in [-0.4, -0.2) is 36.9 Å². The highest BCUT2D eigenvalue weighted by Gasteiger charge is 2.14. The van der Waals surface area contributed by atoms with E-state index in [-0.39, 0.29) is 22.9 Å². The van der Waals surface area contributed by atoms with Gasteiger partial charge in [-0.25, -0.2) is 18.9 Å². The van der Waals surface area contributed by atoms with Gasteiger partial charge in [-0.3, -0.25) is 4.98 Å².